The van der Waals surface area contributed by atoms with Gasteiger partial charge in [0.25, 0.3) is 0 Å². The van der Waals surface area contributed by atoms with Crippen LogP contribution in [-0.2, 0) is 0 Å². The number of thioether (sulfide) groups is 1. The maximum atomic E-state index is 12.6. The van der Waals surface area contributed by atoms with Crippen molar-refractivity contribution in [3.05, 3.63) is 47.0 Å². The van der Waals surface area contributed by atoms with Crippen molar-refractivity contribution in [3.63, 3.8) is 0 Å². The summed E-state index contributed by atoms with van der Waals surface area (Å²) in [5, 5.41) is 17.1. The summed E-state index contributed by atoms with van der Waals surface area (Å²) in [5.74, 6) is 1.01. The molecule has 0 aliphatic carbocycles. The van der Waals surface area contributed by atoms with Crippen LogP contribution in [0.25, 0.3) is 11.3 Å². The molecule has 0 unspecified atom stereocenters. The van der Waals surface area contributed by atoms with Crippen LogP contribution in [0.3, 0.4) is 0 Å². The molecule has 0 fully saturated rings. The molecule has 3 rings (SSSR count). The molecule has 0 aliphatic heterocycles. The number of benzene rings is 1. The molecule has 0 bridgehead atoms. The Bertz CT molecular complexity index is 924. The standard InChI is InChI=1S/C15H13N5O2S/c1-2-22-12-5-3-11(4-6-12)19-8-9-20-13(14(19)21)17-18-15(20)23-10-7-16/h3-6,8-9H,2,10H2,1H3. The van der Waals surface area contributed by atoms with Gasteiger partial charge in [-0.25, -0.2) is 0 Å². The molecule has 0 saturated heterocycles. The van der Waals surface area contributed by atoms with Gasteiger partial charge in [0.15, 0.2) is 5.16 Å². The Kier molecular flexibility index (Phi) is 4.30. The topological polar surface area (TPSA) is 85.2 Å². The van der Waals surface area contributed by atoms with E-state index in [1.807, 2.05) is 37.3 Å². The minimum atomic E-state index is -0.270. The van der Waals surface area contributed by atoms with Crippen molar-refractivity contribution in [2.24, 2.45) is 0 Å². The zero-order chi connectivity index (χ0) is 16.2. The Morgan fingerprint density at radius 2 is 2.04 bits per heavy atom. The molecule has 2 heterocycles. The third-order valence-corrected chi connectivity index (χ3v) is 3.94. The number of rotatable bonds is 5. The van der Waals surface area contributed by atoms with Crippen LogP contribution < -0.4 is 10.3 Å². The molecule has 3 aromatic rings. The highest BCUT2D eigenvalue weighted by molar-refractivity contribution is 7.99. The van der Waals surface area contributed by atoms with Gasteiger partial charge in [0.1, 0.15) is 5.75 Å². The SMILES string of the molecule is CCOc1ccc(-n2ccn3c(SCC#N)nnc3c2=O)cc1. The first-order valence-electron chi connectivity index (χ1n) is 6.94. The van der Waals surface area contributed by atoms with E-state index in [-0.39, 0.29) is 17.0 Å². The molecule has 2 aromatic heterocycles. The lowest BCUT2D eigenvalue weighted by atomic mass is 10.3. The molecule has 1 aromatic carbocycles. The number of ether oxygens (including phenoxy) is 1. The third kappa shape index (κ3) is 2.91. The summed E-state index contributed by atoms with van der Waals surface area (Å²) >= 11 is 1.24. The number of fused-ring (bicyclic) bond motifs is 1. The fourth-order valence-corrected chi connectivity index (χ4v) is 2.71. The van der Waals surface area contributed by atoms with Gasteiger partial charge in [0.2, 0.25) is 5.65 Å². The summed E-state index contributed by atoms with van der Waals surface area (Å²) in [6.45, 7) is 2.51. The lowest BCUT2D eigenvalue weighted by Gasteiger charge is -2.08. The van der Waals surface area contributed by atoms with Gasteiger partial charge in [-0.3, -0.25) is 13.8 Å². The molecule has 116 valence electrons. The lowest BCUT2D eigenvalue weighted by Crippen LogP contribution is -2.20. The maximum Gasteiger partial charge on any atom is 0.300 e. The summed E-state index contributed by atoms with van der Waals surface area (Å²) in [6.07, 6.45) is 3.37. The number of hydrogen-bond donors (Lipinski definition) is 0. The molecule has 0 atom stereocenters. The summed E-state index contributed by atoms with van der Waals surface area (Å²) in [4.78, 5) is 12.6. The quantitative estimate of drug-likeness (QED) is 0.665. The van der Waals surface area contributed by atoms with Crippen LogP contribution >= 0.6 is 11.8 Å². The van der Waals surface area contributed by atoms with Gasteiger partial charge in [-0.1, -0.05) is 11.8 Å². The second-order valence-electron chi connectivity index (χ2n) is 4.52. The second kappa shape index (κ2) is 6.54. The number of hydrogen-bond acceptors (Lipinski definition) is 6. The van der Waals surface area contributed by atoms with Crippen molar-refractivity contribution in [3.8, 4) is 17.5 Å². The fraction of sp³-hybridized carbons (Fsp3) is 0.200. The fourth-order valence-electron chi connectivity index (χ4n) is 2.13. The lowest BCUT2D eigenvalue weighted by molar-refractivity contribution is 0.340. The van der Waals surface area contributed by atoms with Crippen LogP contribution in [0, 0.1) is 11.3 Å². The minimum Gasteiger partial charge on any atom is -0.494 e. The highest BCUT2D eigenvalue weighted by Crippen LogP contribution is 2.17. The van der Waals surface area contributed by atoms with Gasteiger partial charge >= 0.3 is 5.56 Å². The highest BCUT2D eigenvalue weighted by Gasteiger charge is 2.11. The number of nitriles is 1. The second-order valence-corrected chi connectivity index (χ2v) is 5.47. The van der Waals surface area contributed by atoms with Crippen molar-refractivity contribution < 1.29 is 4.74 Å². The molecule has 0 radical (unpaired) electrons. The maximum absolute atomic E-state index is 12.6. The summed E-state index contributed by atoms with van der Waals surface area (Å²) in [6, 6.07) is 9.27. The zero-order valence-electron chi connectivity index (χ0n) is 12.3. The van der Waals surface area contributed by atoms with E-state index in [4.69, 9.17) is 10.00 Å². The minimum absolute atomic E-state index is 0.224. The Balaban J connectivity index is 2.01. The Morgan fingerprint density at radius 3 is 2.74 bits per heavy atom. The molecule has 23 heavy (non-hydrogen) atoms. The molecule has 0 saturated carbocycles. The molecule has 7 nitrogen and oxygen atoms in total. The van der Waals surface area contributed by atoms with Crippen LogP contribution in [0.1, 0.15) is 6.92 Å². The molecule has 8 heteroatoms. The largest absolute Gasteiger partial charge is 0.494 e. The average Bonchev–Trinajstić information content (AvgIpc) is 2.98. The van der Waals surface area contributed by atoms with Crippen LogP contribution in [0.5, 0.6) is 5.75 Å². The third-order valence-electron chi connectivity index (χ3n) is 3.13. The monoisotopic (exact) mass is 327 g/mol. The van der Waals surface area contributed by atoms with Crippen molar-refractivity contribution in [1.82, 2.24) is 19.2 Å². The summed E-state index contributed by atoms with van der Waals surface area (Å²) < 4.78 is 8.49. The van der Waals surface area contributed by atoms with Crippen LogP contribution in [0.15, 0.2) is 46.6 Å². The zero-order valence-corrected chi connectivity index (χ0v) is 13.2. The number of aromatic nitrogens is 4. The van der Waals surface area contributed by atoms with Gasteiger partial charge in [-0.05, 0) is 31.2 Å². The van der Waals surface area contributed by atoms with Crippen molar-refractivity contribution in [2.75, 3.05) is 12.4 Å². The van der Waals surface area contributed by atoms with E-state index in [1.165, 1.54) is 16.3 Å². The summed E-state index contributed by atoms with van der Waals surface area (Å²) in [5.41, 5.74) is 0.671. The molecular weight excluding hydrogens is 314 g/mol. The van der Waals surface area contributed by atoms with Crippen molar-refractivity contribution in [2.45, 2.75) is 12.1 Å². The Morgan fingerprint density at radius 1 is 1.26 bits per heavy atom. The van der Waals surface area contributed by atoms with E-state index in [9.17, 15) is 4.79 Å². The van der Waals surface area contributed by atoms with Gasteiger partial charge in [0, 0.05) is 18.1 Å². The van der Waals surface area contributed by atoms with E-state index in [0.717, 1.165) is 11.4 Å². The Labute approximate surface area is 136 Å². The van der Waals surface area contributed by atoms with E-state index in [1.54, 1.807) is 16.8 Å². The predicted octanol–water partition coefficient (Wildman–Crippen LogP) is 1.89. The smallest absolute Gasteiger partial charge is 0.300 e. The molecule has 0 spiro atoms. The van der Waals surface area contributed by atoms with E-state index < -0.39 is 0 Å². The van der Waals surface area contributed by atoms with Gasteiger partial charge in [-0.15, -0.1) is 10.2 Å². The Hall–Kier alpha value is -2.79. The van der Waals surface area contributed by atoms with Crippen molar-refractivity contribution in [1.29, 1.82) is 5.26 Å². The predicted molar refractivity (Wildman–Crippen MR) is 86.1 cm³/mol. The van der Waals surface area contributed by atoms with Gasteiger partial charge in [-0.2, -0.15) is 5.26 Å². The number of nitrogens with zero attached hydrogens (tertiary/aromatic N) is 5. The first kappa shape index (κ1) is 15.1. The van der Waals surface area contributed by atoms with Crippen LogP contribution in [0.2, 0.25) is 0 Å². The van der Waals surface area contributed by atoms with E-state index in [0.29, 0.717) is 11.8 Å². The van der Waals surface area contributed by atoms with Gasteiger partial charge < -0.3 is 4.74 Å². The highest BCUT2D eigenvalue weighted by atomic mass is 32.2. The van der Waals surface area contributed by atoms with Crippen LogP contribution in [0.4, 0.5) is 0 Å². The van der Waals surface area contributed by atoms with Gasteiger partial charge in [0.05, 0.1) is 18.4 Å². The first-order chi connectivity index (χ1) is 11.2. The molecular formula is C15H13N5O2S. The van der Waals surface area contributed by atoms with Crippen LogP contribution in [-0.4, -0.2) is 31.5 Å². The molecule has 0 amide bonds. The molecule has 0 N–H and O–H groups in total. The van der Waals surface area contributed by atoms with Crippen molar-refractivity contribution >= 4 is 17.4 Å². The molecule has 0 aliphatic rings. The van der Waals surface area contributed by atoms with E-state index >= 15 is 0 Å². The first-order valence-corrected chi connectivity index (χ1v) is 7.92. The summed E-state index contributed by atoms with van der Waals surface area (Å²) in [7, 11) is 0. The average molecular weight is 327 g/mol. The normalized spacial score (nSPS) is 10.6. The van der Waals surface area contributed by atoms with E-state index in [2.05, 4.69) is 10.2 Å².